The average Bonchev–Trinajstić information content (AvgIpc) is 2.94. The van der Waals surface area contributed by atoms with E-state index in [4.69, 9.17) is 5.11 Å². The van der Waals surface area contributed by atoms with Gasteiger partial charge in [0.05, 0.1) is 13.0 Å². The van der Waals surface area contributed by atoms with E-state index < -0.39 is 17.9 Å². The molecule has 0 saturated carbocycles. The van der Waals surface area contributed by atoms with Gasteiger partial charge in [-0.1, -0.05) is 0 Å². The van der Waals surface area contributed by atoms with Crippen LogP contribution in [0.4, 0.5) is 5.95 Å². The van der Waals surface area contributed by atoms with Crippen molar-refractivity contribution in [3.63, 3.8) is 0 Å². The molecule has 0 spiro atoms. The summed E-state index contributed by atoms with van der Waals surface area (Å²) in [7, 11) is 1.26. The number of carboxylic acid groups (broad SMARTS) is 1. The highest BCUT2D eigenvalue weighted by Gasteiger charge is 2.37. The number of hydrogen-bond donors (Lipinski definition) is 2. The Morgan fingerprint density at radius 1 is 1.58 bits per heavy atom. The first-order valence-corrected chi connectivity index (χ1v) is 5.52. The molecule has 1 fully saturated rings. The van der Waals surface area contributed by atoms with Gasteiger partial charge in [0.25, 0.3) is 5.95 Å². The second-order valence-electron chi connectivity index (χ2n) is 4.08. The van der Waals surface area contributed by atoms with E-state index in [1.54, 1.807) is 0 Å². The number of aromatic amines is 1. The molecule has 0 aromatic carbocycles. The van der Waals surface area contributed by atoms with Crippen molar-refractivity contribution in [1.82, 2.24) is 15.2 Å². The molecule has 2 heterocycles. The minimum atomic E-state index is -1.05. The van der Waals surface area contributed by atoms with Gasteiger partial charge in [0.2, 0.25) is 5.91 Å². The van der Waals surface area contributed by atoms with Gasteiger partial charge in [0.15, 0.2) is 0 Å². The van der Waals surface area contributed by atoms with Crippen LogP contribution in [0.5, 0.6) is 0 Å². The van der Waals surface area contributed by atoms with Crippen LogP contribution in [0.2, 0.25) is 0 Å². The summed E-state index contributed by atoms with van der Waals surface area (Å²) in [6.45, 7) is 0.135. The molecule has 1 saturated heterocycles. The predicted molar refractivity (Wildman–Crippen MR) is 60.2 cm³/mol. The van der Waals surface area contributed by atoms with E-state index in [0.29, 0.717) is 0 Å². The fourth-order valence-corrected chi connectivity index (χ4v) is 1.85. The van der Waals surface area contributed by atoms with Crippen molar-refractivity contribution >= 4 is 23.8 Å². The summed E-state index contributed by atoms with van der Waals surface area (Å²) < 4.78 is 4.58. The normalized spacial score (nSPS) is 18.7. The third kappa shape index (κ3) is 2.69. The molecular weight excluding hydrogens is 256 g/mol. The Bertz CT molecular complexity index is 526. The Morgan fingerprint density at radius 3 is 2.95 bits per heavy atom. The number of aromatic nitrogens is 3. The Labute approximate surface area is 107 Å². The highest BCUT2D eigenvalue weighted by molar-refractivity contribution is 5.98. The molecule has 2 N–H and O–H groups in total. The number of carbonyl (C=O) groups is 3. The maximum absolute atomic E-state index is 11.7. The summed E-state index contributed by atoms with van der Waals surface area (Å²) >= 11 is 0. The average molecular weight is 268 g/mol. The number of carboxylic acids is 1. The van der Waals surface area contributed by atoms with Crippen LogP contribution in [0.1, 0.15) is 12.2 Å². The highest BCUT2D eigenvalue weighted by Crippen LogP contribution is 2.22. The molecule has 1 aliphatic heterocycles. The lowest BCUT2D eigenvalue weighted by Gasteiger charge is -2.10. The van der Waals surface area contributed by atoms with E-state index in [1.165, 1.54) is 12.0 Å². The molecule has 1 amide bonds. The summed E-state index contributed by atoms with van der Waals surface area (Å²) in [6, 6.07) is 0. The number of carbonyl (C=O) groups excluding carboxylic acids is 2. The molecule has 102 valence electrons. The lowest BCUT2D eigenvalue weighted by atomic mass is 10.1. The van der Waals surface area contributed by atoms with Crippen molar-refractivity contribution in [3.05, 3.63) is 5.82 Å². The number of hydrogen-bond acceptors (Lipinski definition) is 6. The van der Waals surface area contributed by atoms with E-state index in [1.807, 2.05) is 0 Å². The molecule has 1 aromatic rings. The monoisotopic (exact) mass is 268 g/mol. The van der Waals surface area contributed by atoms with Crippen LogP contribution < -0.4 is 4.90 Å². The van der Waals surface area contributed by atoms with E-state index in [2.05, 4.69) is 19.9 Å². The van der Waals surface area contributed by atoms with Crippen LogP contribution in [0.15, 0.2) is 0 Å². The lowest BCUT2D eigenvalue weighted by Crippen LogP contribution is -2.27. The van der Waals surface area contributed by atoms with Crippen LogP contribution in [0.3, 0.4) is 0 Å². The van der Waals surface area contributed by atoms with Crippen molar-refractivity contribution < 1.29 is 24.2 Å². The van der Waals surface area contributed by atoms with Crippen molar-refractivity contribution in [3.8, 4) is 0 Å². The maximum Gasteiger partial charge on any atom is 0.311 e. The first kappa shape index (κ1) is 13.0. The second-order valence-corrected chi connectivity index (χ2v) is 4.08. The number of methoxy groups -OCH3 is 1. The quantitative estimate of drug-likeness (QED) is 0.668. The first-order chi connectivity index (χ1) is 9.01. The smallest absolute Gasteiger partial charge is 0.311 e. The molecule has 0 aliphatic carbocycles. The number of amides is 1. The summed E-state index contributed by atoms with van der Waals surface area (Å²) in [5.41, 5.74) is 0. The number of nitrogens with one attached hydrogen (secondary N) is 1. The lowest BCUT2D eigenvalue weighted by molar-refractivity contribution is -0.145. The van der Waals surface area contributed by atoms with Crippen molar-refractivity contribution in [2.75, 3.05) is 18.6 Å². The van der Waals surface area contributed by atoms with E-state index in [0.717, 1.165) is 0 Å². The van der Waals surface area contributed by atoms with Crippen LogP contribution in [-0.4, -0.2) is 51.8 Å². The van der Waals surface area contributed by atoms with E-state index >= 15 is 0 Å². The van der Waals surface area contributed by atoms with Gasteiger partial charge in [-0.2, -0.15) is 4.98 Å². The Balaban J connectivity index is 2.10. The fraction of sp³-hybridized carbons (Fsp3) is 0.500. The minimum Gasteiger partial charge on any atom is -0.481 e. The molecule has 1 aromatic heterocycles. The largest absolute Gasteiger partial charge is 0.481 e. The zero-order chi connectivity index (χ0) is 14.0. The van der Waals surface area contributed by atoms with Crippen LogP contribution in [0.25, 0.3) is 0 Å². The SMILES string of the molecule is COC(=O)C1CC(=O)N(c2n[nH]c(CC(=O)O)n2)C1. The van der Waals surface area contributed by atoms with Crippen molar-refractivity contribution in [2.45, 2.75) is 12.8 Å². The molecule has 2 rings (SSSR count). The first-order valence-electron chi connectivity index (χ1n) is 5.52. The van der Waals surface area contributed by atoms with Gasteiger partial charge in [-0.3, -0.25) is 24.4 Å². The van der Waals surface area contributed by atoms with Crippen LogP contribution >= 0.6 is 0 Å². The number of rotatable bonds is 4. The van der Waals surface area contributed by atoms with Gasteiger partial charge in [0, 0.05) is 13.0 Å². The molecule has 19 heavy (non-hydrogen) atoms. The zero-order valence-electron chi connectivity index (χ0n) is 10.1. The van der Waals surface area contributed by atoms with E-state index in [-0.39, 0.29) is 37.1 Å². The number of ether oxygens (including phenoxy) is 1. The highest BCUT2D eigenvalue weighted by atomic mass is 16.5. The van der Waals surface area contributed by atoms with Gasteiger partial charge in [-0.25, -0.2) is 0 Å². The molecular formula is C10H12N4O5. The van der Waals surface area contributed by atoms with Crippen LogP contribution in [0, 0.1) is 5.92 Å². The summed E-state index contributed by atoms with van der Waals surface area (Å²) in [5, 5.41) is 14.8. The van der Waals surface area contributed by atoms with Crippen molar-refractivity contribution in [2.24, 2.45) is 5.92 Å². The van der Waals surface area contributed by atoms with Gasteiger partial charge in [-0.05, 0) is 0 Å². The van der Waals surface area contributed by atoms with E-state index in [9.17, 15) is 14.4 Å². The van der Waals surface area contributed by atoms with Crippen molar-refractivity contribution in [1.29, 1.82) is 0 Å². The van der Waals surface area contributed by atoms with Gasteiger partial charge in [-0.15, -0.1) is 5.10 Å². The minimum absolute atomic E-state index is 0.0372. The summed E-state index contributed by atoms with van der Waals surface area (Å²) in [4.78, 5) is 38.8. The second kappa shape index (κ2) is 5.04. The Kier molecular flexibility index (Phi) is 3.45. The molecule has 1 unspecified atom stereocenters. The zero-order valence-corrected chi connectivity index (χ0v) is 10.1. The summed E-state index contributed by atoms with van der Waals surface area (Å²) in [5.74, 6) is -2.13. The predicted octanol–water partition coefficient (Wildman–Crippen LogP) is -1.04. The van der Waals surface area contributed by atoms with Gasteiger partial charge in [0.1, 0.15) is 12.2 Å². The number of H-pyrrole nitrogens is 1. The Morgan fingerprint density at radius 2 is 2.32 bits per heavy atom. The molecule has 0 bridgehead atoms. The number of anilines is 1. The number of aliphatic carboxylic acids is 1. The molecule has 1 aliphatic rings. The number of nitrogens with zero attached hydrogens (tertiary/aromatic N) is 3. The molecule has 9 heteroatoms. The van der Waals surface area contributed by atoms with Gasteiger partial charge >= 0.3 is 11.9 Å². The third-order valence-electron chi connectivity index (χ3n) is 2.74. The van der Waals surface area contributed by atoms with Gasteiger partial charge < -0.3 is 9.84 Å². The number of esters is 1. The molecule has 1 atom stereocenters. The molecule has 0 radical (unpaired) electrons. The van der Waals surface area contributed by atoms with Crippen LogP contribution in [-0.2, 0) is 25.5 Å². The maximum atomic E-state index is 11.7. The standard InChI is InChI=1S/C10H12N4O5/c1-19-9(18)5-2-7(15)14(4-5)10-11-6(12-13-10)3-8(16)17/h5H,2-4H2,1H3,(H,16,17)(H,11,12,13). The topological polar surface area (TPSA) is 125 Å². The Hall–Kier alpha value is -2.45. The summed E-state index contributed by atoms with van der Waals surface area (Å²) in [6.07, 6.45) is -0.273. The third-order valence-corrected chi connectivity index (χ3v) is 2.74. The fourth-order valence-electron chi connectivity index (χ4n) is 1.85. The molecule has 9 nitrogen and oxygen atoms in total.